The molecule has 7 nitrogen and oxygen atoms in total. The van der Waals surface area contributed by atoms with Crippen LogP contribution < -0.4 is 4.74 Å². The van der Waals surface area contributed by atoms with Crippen LogP contribution in [0.2, 0.25) is 0 Å². The maximum absolute atomic E-state index is 12.9. The lowest BCUT2D eigenvalue weighted by Gasteiger charge is -2.44. The van der Waals surface area contributed by atoms with Crippen molar-refractivity contribution in [2.45, 2.75) is 122 Å². The van der Waals surface area contributed by atoms with E-state index in [0.717, 1.165) is 64.6 Å². The summed E-state index contributed by atoms with van der Waals surface area (Å²) in [7, 11) is -3.86. The van der Waals surface area contributed by atoms with Gasteiger partial charge in [-0.15, -0.1) is 0 Å². The largest absolute Gasteiger partial charge is 0.494 e. The first-order valence-corrected chi connectivity index (χ1v) is 18.0. The molecule has 1 heterocycles. The first kappa shape index (κ1) is 33.4. The molecule has 1 unspecified atom stereocenters. The molecule has 238 valence electrons. The number of carbonyl (C=O) groups excluding carboxylic acids is 1. The van der Waals surface area contributed by atoms with Crippen LogP contribution in [-0.4, -0.2) is 46.9 Å². The van der Waals surface area contributed by atoms with Crippen LogP contribution in [0.4, 0.5) is 0 Å². The monoisotopic (exact) mass is 606 g/mol. The van der Waals surface area contributed by atoms with Crippen LogP contribution in [0.3, 0.4) is 0 Å². The van der Waals surface area contributed by atoms with Crippen molar-refractivity contribution in [3.63, 3.8) is 0 Å². The standard InChI is InChI=1S/C34H54O7S/c1-26-23-32(35)31-19-18-30(34(31,3)24-26)27(2)25-41-42(36,37)29-16-14-28(15-17-29)38-20-10-7-5-4-6-8-11-21-39-33-13-9-12-22-40-33/h14-17,26-27,30-31,33H,4-13,18-25H2,1-3H3/t26-,27+,30+,31-,33?,34+/m0/s1. The Labute approximate surface area is 254 Å². The number of rotatable bonds is 17. The van der Waals surface area contributed by atoms with Crippen LogP contribution in [0.15, 0.2) is 29.2 Å². The summed E-state index contributed by atoms with van der Waals surface area (Å²) in [5, 5.41) is 0. The molecule has 4 rings (SSSR count). The topological polar surface area (TPSA) is 88.1 Å². The quantitative estimate of drug-likeness (QED) is 0.133. The molecular weight excluding hydrogens is 552 g/mol. The van der Waals surface area contributed by atoms with E-state index in [1.54, 1.807) is 24.3 Å². The molecule has 3 aliphatic rings. The molecular formula is C34H54O7S. The molecule has 2 saturated carbocycles. The van der Waals surface area contributed by atoms with Crippen molar-refractivity contribution in [2.24, 2.45) is 29.1 Å². The number of hydrogen-bond acceptors (Lipinski definition) is 7. The second kappa shape index (κ2) is 16.0. The predicted molar refractivity (Wildman–Crippen MR) is 164 cm³/mol. The maximum atomic E-state index is 12.9. The van der Waals surface area contributed by atoms with Crippen LogP contribution in [0, 0.1) is 29.1 Å². The molecule has 0 bridgehead atoms. The van der Waals surface area contributed by atoms with E-state index >= 15 is 0 Å². The van der Waals surface area contributed by atoms with E-state index in [0.29, 0.717) is 36.4 Å². The zero-order chi connectivity index (χ0) is 30.0. The predicted octanol–water partition coefficient (Wildman–Crippen LogP) is 7.71. The third-order valence-corrected chi connectivity index (χ3v) is 11.2. The van der Waals surface area contributed by atoms with Gasteiger partial charge in [-0.3, -0.25) is 8.98 Å². The van der Waals surface area contributed by atoms with Gasteiger partial charge in [-0.05, 0) is 98.8 Å². The Morgan fingerprint density at radius 1 is 0.952 bits per heavy atom. The van der Waals surface area contributed by atoms with Crippen LogP contribution in [0.5, 0.6) is 5.75 Å². The minimum absolute atomic E-state index is 0.0233. The van der Waals surface area contributed by atoms with Gasteiger partial charge in [0, 0.05) is 25.6 Å². The lowest BCUT2D eigenvalue weighted by Crippen LogP contribution is -2.42. The Kier molecular flexibility index (Phi) is 12.7. The Hall–Kier alpha value is -1.48. The van der Waals surface area contributed by atoms with Gasteiger partial charge >= 0.3 is 0 Å². The number of Topliss-reactive ketones (excluding diaryl/α,β-unsaturated/α-hetero) is 1. The number of benzene rings is 1. The summed E-state index contributed by atoms with van der Waals surface area (Å²) in [5.41, 5.74) is -0.0559. The van der Waals surface area contributed by atoms with Crippen molar-refractivity contribution in [3.8, 4) is 5.75 Å². The average Bonchev–Trinajstić information content (AvgIpc) is 3.32. The van der Waals surface area contributed by atoms with Gasteiger partial charge < -0.3 is 14.2 Å². The highest BCUT2D eigenvalue weighted by atomic mass is 32.2. The highest BCUT2D eigenvalue weighted by molar-refractivity contribution is 7.86. The number of ketones is 1. The molecule has 1 aromatic rings. The van der Waals surface area contributed by atoms with E-state index in [9.17, 15) is 13.2 Å². The number of carbonyl (C=O) groups is 1. The minimum Gasteiger partial charge on any atom is -0.494 e. The number of unbranched alkanes of at least 4 members (excludes halogenated alkanes) is 6. The van der Waals surface area contributed by atoms with Gasteiger partial charge in [-0.1, -0.05) is 52.9 Å². The minimum atomic E-state index is -3.86. The third kappa shape index (κ3) is 9.26. The van der Waals surface area contributed by atoms with Crippen molar-refractivity contribution in [1.29, 1.82) is 0 Å². The molecule has 6 atom stereocenters. The van der Waals surface area contributed by atoms with E-state index in [1.807, 2.05) is 0 Å². The SMILES string of the molecule is C[C@H]1CC(=O)[C@@H]2CC[C@H]([C@H](C)COS(=O)(=O)c3ccc(OCCCCCCCCCOC4CCCCO4)cc3)[C@@]2(C)C1. The zero-order valence-corrected chi connectivity index (χ0v) is 27.0. The number of hydrogen-bond donors (Lipinski definition) is 0. The summed E-state index contributed by atoms with van der Waals surface area (Å²) >= 11 is 0. The van der Waals surface area contributed by atoms with Gasteiger partial charge in [0.15, 0.2) is 6.29 Å². The first-order valence-electron chi connectivity index (χ1n) is 16.6. The second-order valence-corrected chi connectivity index (χ2v) is 15.0. The van der Waals surface area contributed by atoms with Crippen molar-refractivity contribution >= 4 is 15.9 Å². The molecule has 0 amide bonds. The van der Waals surface area contributed by atoms with E-state index in [1.165, 1.54) is 32.1 Å². The van der Waals surface area contributed by atoms with Gasteiger partial charge in [-0.2, -0.15) is 8.42 Å². The Balaban J connectivity index is 1.08. The van der Waals surface area contributed by atoms with Crippen molar-refractivity contribution in [2.75, 3.05) is 26.4 Å². The fourth-order valence-corrected chi connectivity index (χ4v) is 8.75. The fraction of sp³-hybridized carbons (Fsp3) is 0.794. The maximum Gasteiger partial charge on any atom is 0.296 e. The van der Waals surface area contributed by atoms with Crippen LogP contribution in [0.25, 0.3) is 0 Å². The van der Waals surface area contributed by atoms with Crippen LogP contribution >= 0.6 is 0 Å². The van der Waals surface area contributed by atoms with E-state index in [-0.39, 0.29) is 35.0 Å². The summed E-state index contributed by atoms with van der Waals surface area (Å²) < 4.78 is 48.6. The highest BCUT2D eigenvalue weighted by Gasteiger charge is 2.54. The lowest BCUT2D eigenvalue weighted by molar-refractivity contribution is -0.162. The number of fused-ring (bicyclic) bond motifs is 1. The van der Waals surface area contributed by atoms with Gasteiger partial charge in [-0.25, -0.2) is 0 Å². The molecule has 0 N–H and O–H groups in total. The van der Waals surface area contributed by atoms with Crippen molar-refractivity contribution < 1.29 is 31.6 Å². The fourth-order valence-electron chi connectivity index (χ4n) is 7.75. The van der Waals surface area contributed by atoms with Crippen LogP contribution in [0.1, 0.15) is 111 Å². The molecule has 0 aromatic heterocycles. The molecule has 0 radical (unpaired) electrons. The Morgan fingerprint density at radius 2 is 1.64 bits per heavy atom. The normalized spacial score (nSPS) is 28.9. The summed E-state index contributed by atoms with van der Waals surface area (Å²) in [6, 6.07) is 6.54. The molecule has 3 fully saturated rings. The van der Waals surface area contributed by atoms with Crippen LogP contribution in [-0.2, 0) is 28.6 Å². The van der Waals surface area contributed by atoms with E-state index < -0.39 is 10.1 Å². The molecule has 1 saturated heterocycles. The molecule has 2 aliphatic carbocycles. The highest BCUT2D eigenvalue weighted by Crippen LogP contribution is 2.57. The number of ether oxygens (including phenoxy) is 3. The van der Waals surface area contributed by atoms with Crippen molar-refractivity contribution in [3.05, 3.63) is 24.3 Å². The zero-order valence-electron chi connectivity index (χ0n) is 26.2. The Bertz CT molecular complexity index is 1070. The summed E-state index contributed by atoms with van der Waals surface area (Å²) in [4.78, 5) is 12.8. The molecule has 42 heavy (non-hydrogen) atoms. The molecule has 8 heteroatoms. The average molecular weight is 607 g/mol. The van der Waals surface area contributed by atoms with Gasteiger partial charge in [0.05, 0.1) is 18.1 Å². The Morgan fingerprint density at radius 3 is 2.33 bits per heavy atom. The first-order chi connectivity index (χ1) is 20.2. The lowest BCUT2D eigenvalue weighted by atomic mass is 9.60. The third-order valence-electron chi connectivity index (χ3n) is 9.92. The molecule has 1 aromatic carbocycles. The second-order valence-electron chi connectivity index (χ2n) is 13.4. The summed E-state index contributed by atoms with van der Waals surface area (Å²) in [6.07, 6.45) is 15.0. The van der Waals surface area contributed by atoms with E-state index in [4.69, 9.17) is 18.4 Å². The van der Waals surface area contributed by atoms with Gasteiger partial charge in [0.25, 0.3) is 10.1 Å². The molecule has 0 spiro atoms. The summed E-state index contributed by atoms with van der Waals surface area (Å²) in [5.74, 6) is 1.92. The van der Waals surface area contributed by atoms with Gasteiger partial charge in [0.1, 0.15) is 11.5 Å². The van der Waals surface area contributed by atoms with E-state index in [2.05, 4.69) is 20.8 Å². The smallest absolute Gasteiger partial charge is 0.296 e. The van der Waals surface area contributed by atoms with Gasteiger partial charge in [0.2, 0.25) is 0 Å². The summed E-state index contributed by atoms with van der Waals surface area (Å²) in [6.45, 7) is 8.85. The van der Waals surface area contributed by atoms with Crippen molar-refractivity contribution in [1.82, 2.24) is 0 Å². The molecule has 1 aliphatic heterocycles.